The summed E-state index contributed by atoms with van der Waals surface area (Å²) in [5.41, 5.74) is 0.780. The number of hydrogen-bond acceptors (Lipinski definition) is 4. The predicted octanol–water partition coefficient (Wildman–Crippen LogP) is 5.28. The van der Waals surface area contributed by atoms with Gasteiger partial charge in [0, 0.05) is 10.3 Å². The van der Waals surface area contributed by atoms with E-state index in [9.17, 15) is 14.8 Å². The van der Waals surface area contributed by atoms with E-state index in [1.54, 1.807) is 30.0 Å². The number of rotatable bonds is 8. The second-order valence-corrected chi connectivity index (χ2v) is 7.58. The zero-order valence-corrected chi connectivity index (χ0v) is 15.3. The second kappa shape index (κ2) is 8.02. The molecule has 5 heteroatoms. The summed E-state index contributed by atoms with van der Waals surface area (Å²) >= 11 is 1.73. The Bertz CT molecular complexity index is 803. The Morgan fingerprint density at radius 3 is 2.48 bits per heavy atom. The number of benzene rings is 2. The Labute approximate surface area is 152 Å². The highest BCUT2D eigenvalue weighted by Gasteiger charge is 2.32. The van der Waals surface area contributed by atoms with Gasteiger partial charge in [0.1, 0.15) is 0 Å². The fourth-order valence-electron chi connectivity index (χ4n) is 3.22. The lowest BCUT2D eigenvalue weighted by atomic mass is 9.95. The molecule has 1 heterocycles. The van der Waals surface area contributed by atoms with E-state index in [1.165, 1.54) is 32.1 Å². The van der Waals surface area contributed by atoms with Crippen LogP contribution in [0.4, 0.5) is 0 Å². The van der Waals surface area contributed by atoms with Crippen LogP contribution in [0.25, 0.3) is 10.8 Å². The largest absolute Gasteiger partial charge is 0.285 e. The molecule has 4 nitrogen and oxygen atoms in total. The van der Waals surface area contributed by atoms with Gasteiger partial charge in [-0.15, -0.1) is 16.8 Å². The van der Waals surface area contributed by atoms with Gasteiger partial charge in [-0.2, -0.15) is 0 Å². The molecule has 25 heavy (non-hydrogen) atoms. The fourth-order valence-corrected chi connectivity index (χ4v) is 4.22. The first-order valence-electron chi connectivity index (χ1n) is 8.90. The minimum atomic E-state index is -0.657. The van der Waals surface area contributed by atoms with Crippen LogP contribution in [0.2, 0.25) is 0 Å². The lowest BCUT2D eigenvalue weighted by Crippen LogP contribution is -2.37. The van der Waals surface area contributed by atoms with Crippen LogP contribution in [0.3, 0.4) is 0 Å². The Kier molecular flexibility index (Phi) is 5.76. The summed E-state index contributed by atoms with van der Waals surface area (Å²) in [5.74, 6) is -0.293. The van der Waals surface area contributed by atoms with Crippen LogP contribution in [-0.2, 0) is 0 Å². The van der Waals surface area contributed by atoms with Gasteiger partial charge >= 0.3 is 0 Å². The average Bonchev–Trinajstić information content (AvgIpc) is 2.63. The normalized spacial score (nSPS) is 13.8. The van der Waals surface area contributed by atoms with Gasteiger partial charge in [-0.05, 0) is 35.8 Å². The molecule has 1 aliphatic rings. The van der Waals surface area contributed by atoms with E-state index >= 15 is 0 Å². The van der Waals surface area contributed by atoms with E-state index in [0.717, 1.165) is 22.5 Å². The summed E-state index contributed by atoms with van der Waals surface area (Å²) in [6.07, 6.45) is 7.53. The van der Waals surface area contributed by atoms with Gasteiger partial charge in [0.25, 0.3) is 11.8 Å². The molecule has 0 saturated heterocycles. The van der Waals surface area contributed by atoms with Crippen molar-refractivity contribution in [2.24, 2.45) is 0 Å². The van der Waals surface area contributed by atoms with Crippen LogP contribution in [0.5, 0.6) is 0 Å². The quantitative estimate of drug-likeness (QED) is 0.302. The van der Waals surface area contributed by atoms with Crippen LogP contribution in [0, 0.1) is 0 Å². The molecular formula is C20H23NO3S. The number of carbonyl (C=O) groups is 2. The number of imide groups is 1. The molecule has 0 spiro atoms. The smallest absolute Gasteiger partial charge is 0.278 e. The van der Waals surface area contributed by atoms with Crippen molar-refractivity contribution in [3.8, 4) is 0 Å². The van der Waals surface area contributed by atoms with Crippen LogP contribution >= 0.6 is 11.8 Å². The second-order valence-electron chi connectivity index (χ2n) is 6.41. The summed E-state index contributed by atoms with van der Waals surface area (Å²) in [4.78, 5) is 25.4. The van der Waals surface area contributed by atoms with Gasteiger partial charge in [-0.3, -0.25) is 14.8 Å². The number of hydroxylamine groups is 2. The standard InChI is InChI=1S/C20H23NO3S/c1-2-3-4-5-6-7-11-25-15-12-14-9-8-10-16-18(14)17(13-15)20(23)21(24)19(16)22/h8-10,12-13,24H,2-7,11H2,1H3. The summed E-state index contributed by atoms with van der Waals surface area (Å²) < 4.78 is 0. The number of hydrogen-bond donors (Lipinski definition) is 1. The zero-order valence-electron chi connectivity index (χ0n) is 14.5. The van der Waals surface area contributed by atoms with E-state index in [4.69, 9.17) is 0 Å². The molecule has 132 valence electrons. The van der Waals surface area contributed by atoms with Gasteiger partial charge < -0.3 is 0 Å². The first-order chi connectivity index (χ1) is 12.1. The lowest BCUT2D eigenvalue weighted by Gasteiger charge is -2.22. The molecule has 2 aromatic rings. The minimum Gasteiger partial charge on any atom is -0.278 e. The maximum absolute atomic E-state index is 12.3. The fraction of sp³-hybridized carbons (Fsp3) is 0.400. The molecule has 0 aliphatic carbocycles. The highest BCUT2D eigenvalue weighted by molar-refractivity contribution is 7.99. The molecule has 2 amide bonds. The van der Waals surface area contributed by atoms with Crippen LogP contribution in [-0.4, -0.2) is 27.8 Å². The maximum Gasteiger partial charge on any atom is 0.285 e. The Morgan fingerprint density at radius 2 is 1.68 bits per heavy atom. The zero-order chi connectivity index (χ0) is 17.8. The Balaban J connectivity index is 1.74. The molecule has 0 atom stereocenters. The predicted molar refractivity (Wildman–Crippen MR) is 100 cm³/mol. The third kappa shape index (κ3) is 3.72. The van der Waals surface area contributed by atoms with Crippen molar-refractivity contribution in [2.75, 3.05) is 5.75 Å². The van der Waals surface area contributed by atoms with Gasteiger partial charge in [0.2, 0.25) is 0 Å². The first-order valence-corrected chi connectivity index (χ1v) is 9.89. The highest BCUT2D eigenvalue weighted by Crippen LogP contribution is 2.33. The van der Waals surface area contributed by atoms with Crippen molar-refractivity contribution in [2.45, 2.75) is 50.3 Å². The topological polar surface area (TPSA) is 57.6 Å². The number of thioether (sulfide) groups is 1. The van der Waals surface area contributed by atoms with Crippen LogP contribution in [0.1, 0.15) is 66.2 Å². The minimum absolute atomic E-state index is 0.222. The van der Waals surface area contributed by atoms with E-state index in [-0.39, 0.29) is 5.06 Å². The molecule has 0 aromatic heterocycles. The van der Waals surface area contributed by atoms with Crippen molar-refractivity contribution >= 4 is 34.3 Å². The lowest BCUT2D eigenvalue weighted by molar-refractivity contribution is -0.0377. The molecular weight excluding hydrogens is 334 g/mol. The third-order valence-electron chi connectivity index (χ3n) is 4.56. The van der Waals surface area contributed by atoms with E-state index < -0.39 is 11.8 Å². The Morgan fingerprint density at radius 1 is 0.960 bits per heavy atom. The molecule has 0 fully saturated rings. The third-order valence-corrected chi connectivity index (χ3v) is 5.62. The summed E-state index contributed by atoms with van der Waals surface area (Å²) in [6, 6.07) is 9.16. The Hall–Kier alpha value is -1.85. The number of amides is 2. The number of carbonyl (C=O) groups excluding carboxylic acids is 2. The maximum atomic E-state index is 12.3. The SMILES string of the molecule is CCCCCCCCSc1cc2c3c(cccc3c1)C(=O)N(O)C2=O. The van der Waals surface area contributed by atoms with Gasteiger partial charge in [-0.1, -0.05) is 51.2 Å². The number of unbranched alkanes of at least 4 members (excludes halogenated alkanes) is 5. The van der Waals surface area contributed by atoms with Crippen molar-refractivity contribution < 1.29 is 14.8 Å². The van der Waals surface area contributed by atoms with Crippen molar-refractivity contribution in [3.05, 3.63) is 41.5 Å². The van der Waals surface area contributed by atoms with E-state index in [0.29, 0.717) is 16.5 Å². The summed E-state index contributed by atoms with van der Waals surface area (Å²) in [5, 5.41) is 11.5. The average molecular weight is 357 g/mol. The monoisotopic (exact) mass is 357 g/mol. The van der Waals surface area contributed by atoms with Crippen molar-refractivity contribution in [1.29, 1.82) is 0 Å². The molecule has 0 bridgehead atoms. The molecule has 0 saturated carbocycles. The molecule has 2 aromatic carbocycles. The van der Waals surface area contributed by atoms with Gasteiger partial charge in [-0.25, -0.2) is 0 Å². The van der Waals surface area contributed by atoms with Gasteiger partial charge in [0.15, 0.2) is 0 Å². The summed E-state index contributed by atoms with van der Waals surface area (Å²) in [7, 11) is 0. The molecule has 1 N–H and O–H groups in total. The summed E-state index contributed by atoms with van der Waals surface area (Å²) in [6.45, 7) is 2.22. The molecule has 1 aliphatic heterocycles. The molecule has 0 radical (unpaired) electrons. The highest BCUT2D eigenvalue weighted by atomic mass is 32.2. The van der Waals surface area contributed by atoms with Crippen LogP contribution in [0.15, 0.2) is 35.2 Å². The van der Waals surface area contributed by atoms with Crippen molar-refractivity contribution in [1.82, 2.24) is 5.06 Å². The van der Waals surface area contributed by atoms with E-state index in [2.05, 4.69) is 6.92 Å². The van der Waals surface area contributed by atoms with E-state index in [1.807, 2.05) is 12.1 Å². The molecule has 0 unspecified atom stereocenters. The first kappa shape index (κ1) is 18.0. The van der Waals surface area contributed by atoms with Crippen molar-refractivity contribution in [3.63, 3.8) is 0 Å². The van der Waals surface area contributed by atoms with Gasteiger partial charge in [0.05, 0.1) is 11.1 Å². The van der Waals surface area contributed by atoms with Crippen LogP contribution < -0.4 is 0 Å². The number of nitrogens with zero attached hydrogens (tertiary/aromatic N) is 1. The molecule has 3 rings (SSSR count).